The van der Waals surface area contributed by atoms with E-state index in [1.807, 2.05) is 0 Å². The Morgan fingerprint density at radius 2 is 1.94 bits per heavy atom. The Kier molecular flexibility index (Phi) is 2.97. The molecule has 0 aromatic heterocycles. The summed E-state index contributed by atoms with van der Waals surface area (Å²) in [5, 5.41) is 3.87. The number of hydrogen-bond acceptors (Lipinski definition) is 2. The van der Waals surface area contributed by atoms with E-state index in [0.29, 0.717) is 5.54 Å². The second kappa shape index (κ2) is 4.30. The molecule has 1 heterocycles. The van der Waals surface area contributed by atoms with E-state index >= 15 is 0 Å². The summed E-state index contributed by atoms with van der Waals surface area (Å²) in [6, 6.07) is 0.758. The Morgan fingerprint density at radius 3 is 2.62 bits per heavy atom. The van der Waals surface area contributed by atoms with Gasteiger partial charge in [0.15, 0.2) is 0 Å². The molecule has 92 valence electrons. The predicted octanol–water partition coefficient (Wildman–Crippen LogP) is 2.39. The number of rotatable bonds is 2. The van der Waals surface area contributed by atoms with Gasteiger partial charge in [-0.25, -0.2) is 0 Å². The Labute approximate surface area is 99.8 Å². The Balaban J connectivity index is 1.63. The lowest BCUT2D eigenvalue weighted by molar-refractivity contribution is 0.0595. The molecule has 2 saturated carbocycles. The molecular formula is C14H26N2. The SMILES string of the molecule is CC1CNC2(CCCCC2)CN1CC1CC1. The van der Waals surface area contributed by atoms with Crippen LogP contribution in [0.1, 0.15) is 51.9 Å². The van der Waals surface area contributed by atoms with E-state index in [2.05, 4.69) is 17.1 Å². The Morgan fingerprint density at radius 1 is 1.19 bits per heavy atom. The van der Waals surface area contributed by atoms with Gasteiger partial charge in [-0.2, -0.15) is 0 Å². The molecule has 0 aromatic carbocycles. The maximum absolute atomic E-state index is 3.87. The molecule has 1 saturated heterocycles. The van der Waals surface area contributed by atoms with E-state index in [1.165, 1.54) is 64.6 Å². The quantitative estimate of drug-likeness (QED) is 0.772. The molecular weight excluding hydrogens is 196 g/mol. The van der Waals surface area contributed by atoms with Crippen molar-refractivity contribution in [2.24, 2.45) is 5.92 Å². The molecule has 0 aromatic rings. The van der Waals surface area contributed by atoms with Crippen molar-refractivity contribution in [2.45, 2.75) is 63.5 Å². The molecule has 3 rings (SSSR count). The average molecular weight is 222 g/mol. The van der Waals surface area contributed by atoms with E-state index in [0.717, 1.165) is 12.0 Å². The molecule has 0 amide bonds. The fraction of sp³-hybridized carbons (Fsp3) is 1.00. The fourth-order valence-corrected chi connectivity index (χ4v) is 3.53. The van der Waals surface area contributed by atoms with Crippen LogP contribution in [0.3, 0.4) is 0 Å². The highest BCUT2D eigenvalue weighted by Gasteiger charge is 2.39. The molecule has 1 spiro atoms. The van der Waals surface area contributed by atoms with Crippen molar-refractivity contribution in [1.29, 1.82) is 0 Å². The summed E-state index contributed by atoms with van der Waals surface area (Å²) < 4.78 is 0. The van der Waals surface area contributed by atoms with Crippen molar-refractivity contribution in [1.82, 2.24) is 10.2 Å². The number of hydrogen-bond donors (Lipinski definition) is 1. The van der Waals surface area contributed by atoms with Gasteiger partial charge in [-0.3, -0.25) is 4.90 Å². The number of piperazine rings is 1. The van der Waals surface area contributed by atoms with Gasteiger partial charge in [0.05, 0.1) is 0 Å². The molecule has 2 aliphatic carbocycles. The van der Waals surface area contributed by atoms with E-state index in [9.17, 15) is 0 Å². The van der Waals surface area contributed by atoms with Gasteiger partial charge in [-0.05, 0) is 38.5 Å². The molecule has 2 nitrogen and oxygen atoms in total. The van der Waals surface area contributed by atoms with E-state index < -0.39 is 0 Å². The summed E-state index contributed by atoms with van der Waals surface area (Å²) >= 11 is 0. The third-order valence-corrected chi connectivity index (χ3v) is 4.90. The van der Waals surface area contributed by atoms with Crippen LogP contribution in [-0.2, 0) is 0 Å². The van der Waals surface area contributed by atoms with Crippen LogP contribution in [0.25, 0.3) is 0 Å². The van der Waals surface area contributed by atoms with Crippen molar-refractivity contribution in [3.05, 3.63) is 0 Å². The van der Waals surface area contributed by atoms with Crippen LogP contribution in [0.15, 0.2) is 0 Å². The highest BCUT2D eigenvalue weighted by molar-refractivity contribution is 4.99. The first kappa shape index (κ1) is 11.0. The maximum Gasteiger partial charge on any atom is 0.0309 e. The van der Waals surface area contributed by atoms with Gasteiger partial charge in [0.25, 0.3) is 0 Å². The number of nitrogens with one attached hydrogen (secondary N) is 1. The fourth-order valence-electron chi connectivity index (χ4n) is 3.53. The van der Waals surface area contributed by atoms with Gasteiger partial charge < -0.3 is 5.32 Å². The van der Waals surface area contributed by atoms with Crippen molar-refractivity contribution in [2.75, 3.05) is 19.6 Å². The van der Waals surface area contributed by atoms with Gasteiger partial charge in [-0.15, -0.1) is 0 Å². The lowest BCUT2D eigenvalue weighted by Gasteiger charge is -2.49. The third-order valence-electron chi connectivity index (χ3n) is 4.90. The van der Waals surface area contributed by atoms with Crippen LogP contribution in [-0.4, -0.2) is 36.1 Å². The molecule has 0 bridgehead atoms. The largest absolute Gasteiger partial charge is 0.308 e. The summed E-state index contributed by atoms with van der Waals surface area (Å²) in [5.74, 6) is 1.04. The molecule has 1 aliphatic heterocycles. The predicted molar refractivity (Wildman–Crippen MR) is 67.6 cm³/mol. The zero-order valence-corrected chi connectivity index (χ0v) is 10.7. The zero-order valence-electron chi connectivity index (χ0n) is 10.7. The van der Waals surface area contributed by atoms with E-state index in [1.54, 1.807) is 0 Å². The topological polar surface area (TPSA) is 15.3 Å². The average Bonchev–Trinajstić information content (AvgIpc) is 3.09. The molecule has 3 fully saturated rings. The van der Waals surface area contributed by atoms with Crippen LogP contribution >= 0.6 is 0 Å². The van der Waals surface area contributed by atoms with Gasteiger partial charge >= 0.3 is 0 Å². The van der Waals surface area contributed by atoms with Crippen LogP contribution in [0.2, 0.25) is 0 Å². The normalized spacial score (nSPS) is 35.4. The van der Waals surface area contributed by atoms with E-state index in [-0.39, 0.29) is 0 Å². The minimum Gasteiger partial charge on any atom is -0.308 e. The second-order valence-electron chi connectivity index (χ2n) is 6.44. The standard InChI is InChI=1S/C14H26N2/c1-12-9-15-14(7-3-2-4-8-14)11-16(12)10-13-5-6-13/h12-13,15H,2-11H2,1H3. The van der Waals surface area contributed by atoms with Crippen molar-refractivity contribution in [3.8, 4) is 0 Å². The smallest absolute Gasteiger partial charge is 0.0309 e. The summed E-state index contributed by atoms with van der Waals surface area (Å²) in [6.45, 7) is 6.31. The summed E-state index contributed by atoms with van der Waals surface area (Å²) in [5.41, 5.74) is 0.500. The van der Waals surface area contributed by atoms with Crippen molar-refractivity contribution in [3.63, 3.8) is 0 Å². The van der Waals surface area contributed by atoms with Gasteiger partial charge in [0, 0.05) is 31.2 Å². The monoisotopic (exact) mass is 222 g/mol. The molecule has 3 aliphatic rings. The third kappa shape index (κ3) is 2.28. The maximum atomic E-state index is 3.87. The van der Waals surface area contributed by atoms with Gasteiger partial charge in [-0.1, -0.05) is 19.3 Å². The van der Waals surface area contributed by atoms with Crippen molar-refractivity contribution < 1.29 is 0 Å². The zero-order chi connectivity index (χ0) is 11.0. The van der Waals surface area contributed by atoms with Gasteiger partial charge in [0.1, 0.15) is 0 Å². The van der Waals surface area contributed by atoms with Crippen LogP contribution in [0.4, 0.5) is 0 Å². The van der Waals surface area contributed by atoms with Gasteiger partial charge in [0.2, 0.25) is 0 Å². The lowest BCUT2D eigenvalue weighted by Crippen LogP contribution is -2.64. The Bertz CT molecular complexity index is 241. The molecule has 16 heavy (non-hydrogen) atoms. The van der Waals surface area contributed by atoms with E-state index in [4.69, 9.17) is 0 Å². The highest BCUT2D eigenvalue weighted by atomic mass is 15.3. The van der Waals surface area contributed by atoms with Crippen LogP contribution in [0, 0.1) is 5.92 Å². The molecule has 1 N–H and O–H groups in total. The number of nitrogens with zero attached hydrogens (tertiary/aromatic N) is 1. The van der Waals surface area contributed by atoms with Crippen LogP contribution < -0.4 is 5.32 Å². The first-order valence-electron chi connectivity index (χ1n) is 7.27. The summed E-state index contributed by atoms with van der Waals surface area (Å²) in [4.78, 5) is 2.78. The lowest BCUT2D eigenvalue weighted by atomic mass is 9.79. The van der Waals surface area contributed by atoms with Crippen molar-refractivity contribution >= 4 is 0 Å². The minimum atomic E-state index is 0.500. The summed E-state index contributed by atoms with van der Waals surface area (Å²) in [6.07, 6.45) is 10.2. The highest BCUT2D eigenvalue weighted by Crippen LogP contribution is 2.35. The summed E-state index contributed by atoms with van der Waals surface area (Å²) in [7, 11) is 0. The first-order valence-corrected chi connectivity index (χ1v) is 7.27. The van der Waals surface area contributed by atoms with Crippen LogP contribution in [0.5, 0.6) is 0 Å². The molecule has 1 atom stereocenters. The Hall–Kier alpha value is -0.0800. The minimum absolute atomic E-state index is 0.500. The molecule has 2 heteroatoms. The first-order chi connectivity index (χ1) is 7.77. The molecule has 0 radical (unpaired) electrons. The molecule has 1 unspecified atom stereocenters. The second-order valence-corrected chi connectivity index (χ2v) is 6.44.